The Morgan fingerprint density at radius 2 is 2.00 bits per heavy atom. The van der Waals surface area contributed by atoms with Crippen LogP contribution in [0.5, 0.6) is 5.75 Å². The van der Waals surface area contributed by atoms with Gasteiger partial charge in [-0.05, 0) is 33.7 Å². The van der Waals surface area contributed by atoms with Gasteiger partial charge in [-0.15, -0.1) is 16.9 Å². The number of β-lactam (4-membered cyclic amide) rings is 1. The fraction of sp³-hybridized carbons (Fsp3) is 0.316. The van der Waals surface area contributed by atoms with Crippen molar-refractivity contribution in [2.45, 2.75) is 29.2 Å². The monoisotopic (exact) mass is 520 g/mol. The normalized spacial score (nSPS) is 20.1. The number of nitrogens with one attached hydrogen (secondary N) is 1. The minimum Gasteiger partial charge on any atom is -0.508 e. The first-order valence-electron chi connectivity index (χ1n) is 10.1. The number of hydrogen-bond donors (Lipinski definition) is 5. The number of aliphatic carboxylic acids is 1. The first-order chi connectivity index (χ1) is 16.7. The van der Waals surface area contributed by atoms with Crippen molar-refractivity contribution in [3.8, 4) is 5.75 Å². The molecule has 3 amide bonds. The molecule has 4 rings (SSSR count). The summed E-state index contributed by atoms with van der Waals surface area (Å²) in [4.78, 5) is 49.8. The molecule has 2 aliphatic heterocycles. The van der Waals surface area contributed by atoms with Crippen LogP contribution >= 0.6 is 23.5 Å². The zero-order valence-corrected chi connectivity index (χ0v) is 19.5. The number of amides is 3. The van der Waals surface area contributed by atoms with Crippen LogP contribution in [-0.2, 0) is 25.7 Å². The first-order valence-corrected chi connectivity index (χ1v) is 12.1. The molecule has 3 heterocycles. The third-order valence-electron chi connectivity index (χ3n) is 5.26. The number of carbonyl (C=O) groups excluding carboxylic acids is 3. The number of aromatic hydroxyl groups is 1. The van der Waals surface area contributed by atoms with Crippen LogP contribution < -0.4 is 16.8 Å². The van der Waals surface area contributed by atoms with E-state index in [-0.39, 0.29) is 34.7 Å². The van der Waals surface area contributed by atoms with E-state index >= 15 is 0 Å². The fourth-order valence-electron chi connectivity index (χ4n) is 3.57. The van der Waals surface area contributed by atoms with E-state index in [2.05, 4.69) is 20.8 Å². The number of carboxylic acid groups (broad SMARTS) is 1. The molecule has 0 radical (unpaired) electrons. The lowest BCUT2D eigenvalue weighted by Crippen LogP contribution is -2.71. The largest absolute Gasteiger partial charge is 0.508 e. The van der Waals surface area contributed by atoms with Crippen LogP contribution in [0.15, 0.2) is 40.7 Å². The maximum Gasteiger partial charge on any atom is 0.352 e. The van der Waals surface area contributed by atoms with Crippen molar-refractivity contribution in [1.82, 2.24) is 30.4 Å². The summed E-state index contributed by atoms with van der Waals surface area (Å²) in [5.74, 6) is -2.60. The molecular weight excluding hydrogens is 500 g/mol. The summed E-state index contributed by atoms with van der Waals surface area (Å²) >= 11 is 2.42. The number of fused-ring (bicyclic) bond motifs is 1. The van der Waals surface area contributed by atoms with Gasteiger partial charge < -0.3 is 27.0 Å². The van der Waals surface area contributed by atoms with Gasteiger partial charge in [0.05, 0.1) is 0 Å². The number of tetrazole rings is 1. The Kier molecular flexibility index (Phi) is 6.95. The molecule has 2 aliphatic rings. The molecule has 1 saturated heterocycles. The number of hydrogen-bond acceptors (Lipinski definition) is 11. The van der Waals surface area contributed by atoms with Crippen LogP contribution in [0.1, 0.15) is 11.6 Å². The molecule has 1 aromatic heterocycles. The lowest BCUT2D eigenvalue weighted by atomic mass is 10.0. The minimum absolute atomic E-state index is 0.0242. The van der Waals surface area contributed by atoms with E-state index in [0.29, 0.717) is 11.1 Å². The lowest BCUT2D eigenvalue weighted by molar-refractivity contribution is -0.150. The predicted octanol–water partition coefficient (Wildman–Crippen LogP) is -1.61. The number of thioether (sulfide) groups is 2. The van der Waals surface area contributed by atoms with Crippen molar-refractivity contribution >= 4 is 47.2 Å². The highest BCUT2D eigenvalue weighted by atomic mass is 32.2. The molecule has 1 fully saturated rings. The molecule has 0 spiro atoms. The smallest absolute Gasteiger partial charge is 0.352 e. The van der Waals surface area contributed by atoms with Gasteiger partial charge >= 0.3 is 5.97 Å². The zero-order chi connectivity index (χ0) is 25.3. The second-order valence-corrected chi connectivity index (χ2v) is 9.64. The van der Waals surface area contributed by atoms with Gasteiger partial charge in [0, 0.05) is 11.5 Å². The molecular formula is C19H20N8O6S2. The van der Waals surface area contributed by atoms with Gasteiger partial charge in [0.25, 0.3) is 5.91 Å². The van der Waals surface area contributed by atoms with Crippen LogP contribution in [0.4, 0.5) is 0 Å². The highest BCUT2D eigenvalue weighted by Crippen LogP contribution is 2.41. The Morgan fingerprint density at radius 3 is 2.66 bits per heavy atom. The van der Waals surface area contributed by atoms with Gasteiger partial charge in [0.1, 0.15) is 35.4 Å². The molecule has 1 unspecified atom stereocenters. The van der Waals surface area contributed by atoms with Crippen LogP contribution in [0.3, 0.4) is 0 Å². The van der Waals surface area contributed by atoms with E-state index in [4.69, 9.17) is 11.5 Å². The van der Waals surface area contributed by atoms with E-state index in [9.17, 15) is 29.4 Å². The average Bonchev–Trinajstić information content (AvgIpc) is 3.26. The van der Waals surface area contributed by atoms with Crippen LogP contribution in [0.2, 0.25) is 0 Å². The average molecular weight is 521 g/mol. The number of phenolic OH excluding ortho intramolecular Hbond substituents is 1. The standard InChI is InChI=1S/C19H20N8O6S2/c20-11(29)5-26-19(23-24-25-26)35-7-9-6-34-17-13(16(31)27(17)14(9)18(32)33)22-15(30)12(21)8-1-3-10(28)4-2-8/h1-4,12-13,17,28H,5-7,21H2,(H2,20,29)(H,22,30)(H,32,33)/t12-,13?,17-/m1/s1. The van der Waals surface area contributed by atoms with Gasteiger partial charge in [-0.3, -0.25) is 19.3 Å². The SMILES string of the molecule is NC(=O)Cn1nnnc1SCC1=C(C(=O)O)N2C(=O)C(NC(=O)[C@H](N)c3ccc(O)cc3)[C@H]2SC1. The Bertz CT molecular complexity index is 1220. The molecule has 0 saturated carbocycles. The number of phenols is 1. The number of rotatable bonds is 9. The number of nitrogens with two attached hydrogens (primary N) is 2. The lowest BCUT2D eigenvalue weighted by Gasteiger charge is -2.49. The van der Waals surface area contributed by atoms with E-state index in [0.717, 1.165) is 16.7 Å². The topological polar surface area (TPSA) is 220 Å². The zero-order valence-electron chi connectivity index (χ0n) is 17.9. The van der Waals surface area contributed by atoms with Crippen molar-refractivity contribution < 1.29 is 29.4 Å². The number of benzene rings is 1. The molecule has 0 aliphatic carbocycles. The van der Waals surface area contributed by atoms with Crippen LogP contribution in [-0.4, -0.2) is 81.9 Å². The summed E-state index contributed by atoms with van der Waals surface area (Å²) in [7, 11) is 0. The molecule has 14 nitrogen and oxygen atoms in total. The van der Waals surface area contributed by atoms with Gasteiger partial charge in [-0.1, -0.05) is 23.9 Å². The Labute approximate surface area is 206 Å². The Morgan fingerprint density at radius 1 is 1.29 bits per heavy atom. The number of aromatic nitrogens is 4. The third-order valence-corrected chi connectivity index (χ3v) is 7.65. The van der Waals surface area contributed by atoms with Crippen molar-refractivity contribution in [2.75, 3.05) is 11.5 Å². The van der Waals surface area contributed by atoms with E-state index in [1.54, 1.807) is 0 Å². The number of carboxylic acids is 1. The molecule has 184 valence electrons. The van der Waals surface area contributed by atoms with E-state index in [1.807, 2.05) is 0 Å². The molecule has 0 bridgehead atoms. The van der Waals surface area contributed by atoms with Gasteiger partial charge in [-0.25, -0.2) is 9.48 Å². The highest BCUT2D eigenvalue weighted by Gasteiger charge is 2.54. The minimum atomic E-state index is -1.28. The highest BCUT2D eigenvalue weighted by molar-refractivity contribution is 8.01. The predicted molar refractivity (Wildman–Crippen MR) is 122 cm³/mol. The van der Waals surface area contributed by atoms with Crippen molar-refractivity contribution in [3.63, 3.8) is 0 Å². The molecule has 3 atom stereocenters. The van der Waals surface area contributed by atoms with Gasteiger partial charge in [0.2, 0.25) is 17.0 Å². The summed E-state index contributed by atoms with van der Waals surface area (Å²) in [5.41, 5.74) is 11.9. The number of nitrogens with zero attached hydrogens (tertiary/aromatic N) is 5. The van der Waals surface area contributed by atoms with Crippen molar-refractivity contribution in [2.24, 2.45) is 11.5 Å². The van der Waals surface area contributed by atoms with E-state index < -0.39 is 41.1 Å². The Balaban J connectivity index is 1.45. The second-order valence-electron chi connectivity index (χ2n) is 7.60. The van der Waals surface area contributed by atoms with Crippen LogP contribution in [0.25, 0.3) is 0 Å². The van der Waals surface area contributed by atoms with Gasteiger partial charge in [-0.2, -0.15) is 0 Å². The van der Waals surface area contributed by atoms with Gasteiger partial charge in [0.15, 0.2) is 0 Å². The third kappa shape index (κ3) is 4.94. The van der Waals surface area contributed by atoms with Crippen molar-refractivity contribution in [1.29, 1.82) is 0 Å². The molecule has 1 aromatic carbocycles. The Hall–Kier alpha value is -3.63. The van der Waals surface area contributed by atoms with E-state index in [1.165, 1.54) is 40.7 Å². The molecule has 35 heavy (non-hydrogen) atoms. The maximum atomic E-state index is 12.8. The fourth-order valence-corrected chi connectivity index (χ4v) is 5.93. The summed E-state index contributed by atoms with van der Waals surface area (Å²) in [6.45, 7) is -0.227. The van der Waals surface area contributed by atoms with Crippen LogP contribution in [0, 0.1) is 0 Å². The molecule has 2 aromatic rings. The number of carbonyl (C=O) groups is 4. The summed E-state index contributed by atoms with van der Waals surface area (Å²) in [6, 6.07) is 3.79. The molecule has 16 heteroatoms. The molecule has 7 N–H and O–H groups in total. The summed E-state index contributed by atoms with van der Waals surface area (Å²) < 4.78 is 1.20. The second kappa shape index (κ2) is 9.93. The maximum absolute atomic E-state index is 12.8. The first kappa shape index (κ1) is 24.5. The summed E-state index contributed by atoms with van der Waals surface area (Å²) in [6.07, 6.45) is 0. The number of primary amides is 1. The quantitative estimate of drug-likeness (QED) is 0.186. The summed E-state index contributed by atoms with van der Waals surface area (Å²) in [5, 5.41) is 32.4. The van der Waals surface area contributed by atoms with Crippen molar-refractivity contribution in [3.05, 3.63) is 41.1 Å².